The van der Waals surface area contributed by atoms with Crippen LogP contribution in [0, 0.1) is 5.82 Å². The average molecular weight is 353 g/mol. The van der Waals surface area contributed by atoms with Gasteiger partial charge in [-0.1, -0.05) is 0 Å². The molecule has 0 saturated carbocycles. The van der Waals surface area contributed by atoms with Gasteiger partial charge >= 0.3 is 0 Å². The normalized spacial score (nSPS) is 17.6. The Morgan fingerprint density at radius 1 is 1.20 bits per heavy atom. The van der Waals surface area contributed by atoms with Gasteiger partial charge < -0.3 is 15.2 Å². The van der Waals surface area contributed by atoms with Crippen molar-refractivity contribution in [2.75, 3.05) is 51.2 Å². The van der Waals surface area contributed by atoms with Gasteiger partial charge in [-0.2, -0.15) is 0 Å². The molecule has 1 aliphatic heterocycles. The highest BCUT2D eigenvalue weighted by Crippen LogP contribution is 2.09. The third-order valence-electron chi connectivity index (χ3n) is 4.05. The number of halogens is 1. The van der Waals surface area contributed by atoms with Gasteiger partial charge in [-0.05, 0) is 38.1 Å². The number of anilines is 1. The first-order valence-electron chi connectivity index (χ1n) is 8.72. The fraction of sp³-hybridized carbons (Fsp3) is 0.611. The molecule has 0 bridgehead atoms. The Morgan fingerprint density at radius 3 is 2.40 bits per heavy atom. The summed E-state index contributed by atoms with van der Waals surface area (Å²) in [6, 6.07) is 5.74. The molecule has 0 spiro atoms. The number of hydrogen-bond acceptors (Lipinski definition) is 5. The van der Waals surface area contributed by atoms with Crippen LogP contribution in [0.3, 0.4) is 0 Å². The molecule has 1 fully saturated rings. The first kappa shape index (κ1) is 19.8. The molecule has 0 radical (unpaired) electrons. The third kappa shape index (κ3) is 7.48. The molecule has 7 heteroatoms. The van der Waals surface area contributed by atoms with Crippen molar-refractivity contribution in [3.8, 4) is 0 Å². The Kier molecular flexibility index (Phi) is 7.77. The summed E-state index contributed by atoms with van der Waals surface area (Å²) in [6.07, 6.45) is -0.373. The molecular weight excluding hydrogens is 325 g/mol. The van der Waals surface area contributed by atoms with E-state index in [0.717, 1.165) is 26.2 Å². The van der Waals surface area contributed by atoms with E-state index < -0.39 is 6.10 Å². The van der Waals surface area contributed by atoms with Gasteiger partial charge in [-0.3, -0.25) is 14.6 Å². The lowest BCUT2D eigenvalue weighted by molar-refractivity contribution is -0.117. The van der Waals surface area contributed by atoms with Crippen LogP contribution >= 0.6 is 0 Å². The van der Waals surface area contributed by atoms with Crippen LogP contribution in [0.25, 0.3) is 0 Å². The van der Waals surface area contributed by atoms with Crippen molar-refractivity contribution < 1.29 is 19.0 Å². The minimum absolute atomic E-state index is 0.106. The van der Waals surface area contributed by atoms with Gasteiger partial charge in [0.15, 0.2) is 0 Å². The predicted octanol–water partition coefficient (Wildman–Crippen LogP) is 1.17. The highest BCUT2D eigenvalue weighted by Gasteiger charge is 2.21. The first-order valence-corrected chi connectivity index (χ1v) is 8.72. The number of rotatable bonds is 8. The van der Waals surface area contributed by atoms with Crippen LogP contribution in [0.4, 0.5) is 10.1 Å². The maximum atomic E-state index is 12.9. The van der Waals surface area contributed by atoms with E-state index >= 15 is 0 Å². The highest BCUT2D eigenvalue weighted by atomic mass is 19.1. The van der Waals surface area contributed by atoms with Gasteiger partial charge in [-0.25, -0.2) is 4.39 Å². The fourth-order valence-corrected chi connectivity index (χ4v) is 2.72. The molecule has 2 N–H and O–H groups in total. The summed E-state index contributed by atoms with van der Waals surface area (Å²) in [4.78, 5) is 16.3. The number of aliphatic hydroxyl groups is 1. The Labute approximate surface area is 148 Å². The SMILES string of the molecule is CC(C)OCC(O)CN1CCN(CC(=O)Nc2ccc(F)cc2)CC1. The number of ether oxygens (including phenoxy) is 1. The van der Waals surface area contributed by atoms with E-state index in [4.69, 9.17) is 4.74 Å². The minimum atomic E-state index is -0.490. The summed E-state index contributed by atoms with van der Waals surface area (Å²) >= 11 is 0. The van der Waals surface area contributed by atoms with Crippen LogP contribution in [-0.2, 0) is 9.53 Å². The van der Waals surface area contributed by atoms with Gasteiger partial charge in [0, 0.05) is 38.4 Å². The number of carbonyl (C=O) groups excluding carboxylic acids is 1. The first-order chi connectivity index (χ1) is 11.9. The van der Waals surface area contributed by atoms with Crippen LogP contribution in [0.5, 0.6) is 0 Å². The van der Waals surface area contributed by atoms with E-state index in [-0.39, 0.29) is 17.8 Å². The maximum absolute atomic E-state index is 12.9. The molecule has 1 aromatic carbocycles. The zero-order chi connectivity index (χ0) is 18.2. The average Bonchev–Trinajstić information content (AvgIpc) is 2.57. The summed E-state index contributed by atoms with van der Waals surface area (Å²) in [7, 11) is 0. The Balaban J connectivity index is 1.66. The largest absolute Gasteiger partial charge is 0.389 e. The van der Waals surface area contributed by atoms with Crippen LogP contribution in [0.1, 0.15) is 13.8 Å². The van der Waals surface area contributed by atoms with E-state index in [1.807, 2.05) is 13.8 Å². The molecule has 1 amide bonds. The molecular formula is C18H28FN3O3. The van der Waals surface area contributed by atoms with Crippen LogP contribution in [0.2, 0.25) is 0 Å². The van der Waals surface area contributed by atoms with Crippen molar-refractivity contribution in [1.29, 1.82) is 0 Å². The smallest absolute Gasteiger partial charge is 0.238 e. The standard InChI is InChI=1S/C18H28FN3O3/c1-14(2)25-13-17(23)11-21-7-9-22(10-8-21)12-18(24)20-16-5-3-15(19)4-6-16/h3-6,14,17,23H,7-13H2,1-2H3,(H,20,24). The second-order valence-electron chi connectivity index (χ2n) is 6.67. The Hall–Kier alpha value is -1.54. The zero-order valence-electron chi connectivity index (χ0n) is 14.9. The summed E-state index contributed by atoms with van der Waals surface area (Å²) in [5.74, 6) is -0.430. The summed E-state index contributed by atoms with van der Waals surface area (Å²) in [5, 5.41) is 12.7. The number of carbonyl (C=O) groups is 1. The topological polar surface area (TPSA) is 65.0 Å². The van der Waals surface area contributed by atoms with Gasteiger partial charge in [0.25, 0.3) is 0 Å². The molecule has 1 saturated heterocycles. The van der Waals surface area contributed by atoms with Crippen LogP contribution < -0.4 is 5.32 Å². The molecule has 1 atom stereocenters. The molecule has 25 heavy (non-hydrogen) atoms. The van der Waals surface area contributed by atoms with E-state index in [1.54, 1.807) is 12.1 Å². The van der Waals surface area contributed by atoms with E-state index in [1.165, 1.54) is 12.1 Å². The zero-order valence-corrected chi connectivity index (χ0v) is 14.9. The van der Waals surface area contributed by atoms with Crippen LogP contribution in [-0.4, -0.2) is 78.9 Å². The van der Waals surface area contributed by atoms with Crippen LogP contribution in [0.15, 0.2) is 24.3 Å². The number of benzene rings is 1. The fourth-order valence-electron chi connectivity index (χ4n) is 2.72. The number of β-amino-alcohol motifs (C(OH)–C–C–N with tert-alkyl or cyclic N) is 1. The predicted molar refractivity (Wildman–Crippen MR) is 95.0 cm³/mol. The molecule has 1 unspecified atom stereocenters. The van der Waals surface area contributed by atoms with Gasteiger partial charge in [0.05, 0.1) is 25.4 Å². The number of nitrogens with zero attached hydrogens (tertiary/aromatic N) is 2. The molecule has 2 rings (SSSR count). The molecule has 1 aliphatic rings. The maximum Gasteiger partial charge on any atom is 0.238 e. The van der Waals surface area contributed by atoms with E-state index in [0.29, 0.717) is 25.4 Å². The third-order valence-corrected chi connectivity index (χ3v) is 4.05. The summed E-state index contributed by atoms with van der Waals surface area (Å²) < 4.78 is 18.3. The number of amides is 1. The summed E-state index contributed by atoms with van der Waals surface area (Å²) in [5.41, 5.74) is 0.596. The van der Waals surface area contributed by atoms with Crippen molar-refractivity contribution in [2.45, 2.75) is 26.1 Å². The Bertz CT molecular complexity index is 531. The van der Waals surface area contributed by atoms with E-state index in [2.05, 4.69) is 15.1 Å². The van der Waals surface area contributed by atoms with Gasteiger partial charge in [-0.15, -0.1) is 0 Å². The second-order valence-corrected chi connectivity index (χ2v) is 6.67. The number of aliphatic hydroxyl groups excluding tert-OH is 1. The van der Waals surface area contributed by atoms with E-state index in [9.17, 15) is 14.3 Å². The van der Waals surface area contributed by atoms with Crippen molar-refractivity contribution in [3.63, 3.8) is 0 Å². The van der Waals surface area contributed by atoms with Crippen molar-refractivity contribution in [3.05, 3.63) is 30.1 Å². The summed E-state index contributed by atoms with van der Waals surface area (Å²) in [6.45, 7) is 8.30. The highest BCUT2D eigenvalue weighted by molar-refractivity contribution is 5.92. The molecule has 0 aromatic heterocycles. The monoisotopic (exact) mass is 353 g/mol. The minimum Gasteiger partial charge on any atom is -0.389 e. The molecule has 1 aromatic rings. The molecule has 1 heterocycles. The Morgan fingerprint density at radius 2 is 1.80 bits per heavy atom. The quantitative estimate of drug-likeness (QED) is 0.734. The molecule has 140 valence electrons. The lowest BCUT2D eigenvalue weighted by Crippen LogP contribution is -2.50. The van der Waals surface area contributed by atoms with Crippen molar-refractivity contribution >= 4 is 11.6 Å². The van der Waals surface area contributed by atoms with Crippen molar-refractivity contribution in [2.24, 2.45) is 0 Å². The van der Waals surface area contributed by atoms with Gasteiger partial charge in [0.1, 0.15) is 5.82 Å². The molecule has 0 aliphatic carbocycles. The number of piperazine rings is 1. The lowest BCUT2D eigenvalue weighted by Gasteiger charge is -2.35. The number of nitrogens with one attached hydrogen (secondary N) is 1. The second kappa shape index (κ2) is 9.82. The van der Waals surface area contributed by atoms with Crippen molar-refractivity contribution in [1.82, 2.24) is 9.80 Å². The lowest BCUT2D eigenvalue weighted by atomic mass is 10.2. The van der Waals surface area contributed by atoms with Gasteiger partial charge in [0.2, 0.25) is 5.91 Å². The number of hydrogen-bond donors (Lipinski definition) is 2. The molecule has 6 nitrogen and oxygen atoms in total.